The van der Waals surface area contributed by atoms with Crippen molar-refractivity contribution < 1.29 is 28.5 Å². The van der Waals surface area contributed by atoms with Gasteiger partial charge in [-0.3, -0.25) is 9.59 Å². The predicted octanol–water partition coefficient (Wildman–Crippen LogP) is 10.9. The number of hydrogen-bond acceptors (Lipinski definition) is 6. The fourth-order valence-corrected chi connectivity index (χ4v) is 5.41. The molecule has 0 spiro atoms. The number of carbonyl (C=O) groups is 2. The Morgan fingerprint density at radius 1 is 0.358 bits per heavy atom. The van der Waals surface area contributed by atoms with Crippen LogP contribution in [0.5, 0.6) is 40.2 Å². The third-order valence-electron chi connectivity index (χ3n) is 8.17. The molecule has 0 fully saturated rings. The maximum atomic E-state index is 13.3. The van der Waals surface area contributed by atoms with Gasteiger partial charge in [-0.1, -0.05) is 42.2 Å². The third-order valence-corrected chi connectivity index (χ3v) is 8.17. The summed E-state index contributed by atoms with van der Waals surface area (Å²) in [6.07, 6.45) is 0. The maximum absolute atomic E-state index is 13.3. The maximum Gasteiger partial charge on any atom is 0.193 e. The van der Waals surface area contributed by atoms with Crippen LogP contribution < -0.4 is 18.9 Å². The fourth-order valence-electron chi connectivity index (χ4n) is 5.41. The SMILES string of the molecule is COc1ccc(C(=O)c2ccc(Oc3cccc(Oc4ccc(C(=O)c5ccc(Oc6cccc(C#Cc7ccccc7)c6)cc5)cc4)c3)cc2)cc1. The van der Waals surface area contributed by atoms with Crippen molar-refractivity contribution in [2.75, 3.05) is 7.11 Å². The Kier molecular flexibility index (Phi) is 10.4. The van der Waals surface area contributed by atoms with E-state index in [1.54, 1.807) is 110 Å². The molecule has 6 nitrogen and oxygen atoms in total. The number of hydrogen-bond donors (Lipinski definition) is 0. The van der Waals surface area contributed by atoms with E-state index >= 15 is 0 Å². The van der Waals surface area contributed by atoms with Crippen molar-refractivity contribution in [1.82, 2.24) is 0 Å². The molecule has 0 aliphatic rings. The van der Waals surface area contributed by atoms with E-state index in [0.717, 1.165) is 11.1 Å². The highest BCUT2D eigenvalue weighted by atomic mass is 16.5. The van der Waals surface area contributed by atoms with Crippen LogP contribution in [0.15, 0.2) is 176 Å². The van der Waals surface area contributed by atoms with Gasteiger partial charge in [-0.15, -0.1) is 0 Å². The van der Waals surface area contributed by atoms with Gasteiger partial charge in [-0.2, -0.15) is 0 Å². The molecule has 53 heavy (non-hydrogen) atoms. The van der Waals surface area contributed by atoms with Gasteiger partial charge in [0.05, 0.1) is 7.11 Å². The van der Waals surface area contributed by atoms with E-state index < -0.39 is 0 Å². The third kappa shape index (κ3) is 8.87. The summed E-state index contributed by atoms with van der Waals surface area (Å²) in [6.45, 7) is 0. The van der Waals surface area contributed by atoms with Crippen LogP contribution in [0, 0.1) is 11.8 Å². The molecule has 0 radical (unpaired) electrons. The van der Waals surface area contributed by atoms with Gasteiger partial charge in [0.2, 0.25) is 0 Å². The summed E-state index contributed by atoms with van der Waals surface area (Å²) in [5.74, 6) is 10.4. The van der Waals surface area contributed by atoms with Crippen LogP contribution in [-0.4, -0.2) is 18.7 Å². The standard InChI is InChI=1S/C47H32O6/c1-50-39-23-15-35(16-24-39)46(48)36-19-27-41(28-20-36)52-44-11-6-12-45(32-44)53-42-29-21-38(22-30-42)47(49)37-17-25-40(26-18-37)51-43-10-5-9-34(31-43)14-13-33-7-3-2-4-8-33/h2-12,15-32H,1H3. The molecule has 7 rings (SSSR count). The molecule has 256 valence electrons. The van der Waals surface area contributed by atoms with Crippen molar-refractivity contribution in [2.24, 2.45) is 0 Å². The summed E-state index contributed by atoms with van der Waals surface area (Å²) in [4.78, 5) is 26.1. The molecule has 7 aromatic carbocycles. The van der Waals surface area contributed by atoms with Gasteiger partial charge in [0.25, 0.3) is 0 Å². The topological polar surface area (TPSA) is 71.1 Å². The van der Waals surface area contributed by atoms with E-state index in [2.05, 4.69) is 11.8 Å². The zero-order chi connectivity index (χ0) is 36.4. The monoisotopic (exact) mass is 692 g/mol. The van der Waals surface area contributed by atoms with Crippen molar-refractivity contribution in [1.29, 1.82) is 0 Å². The van der Waals surface area contributed by atoms with Gasteiger partial charge in [0.15, 0.2) is 11.6 Å². The molecule has 0 bridgehead atoms. The molecule has 0 aliphatic carbocycles. The van der Waals surface area contributed by atoms with Crippen molar-refractivity contribution in [2.45, 2.75) is 0 Å². The van der Waals surface area contributed by atoms with E-state index in [9.17, 15) is 9.59 Å². The van der Waals surface area contributed by atoms with Gasteiger partial charge < -0.3 is 18.9 Å². The van der Waals surface area contributed by atoms with Crippen molar-refractivity contribution in [3.8, 4) is 52.1 Å². The molecule has 0 N–H and O–H groups in total. The number of benzene rings is 7. The molecular formula is C47H32O6. The molecule has 0 saturated carbocycles. The Morgan fingerprint density at radius 2 is 0.717 bits per heavy atom. The average Bonchev–Trinajstić information content (AvgIpc) is 3.21. The van der Waals surface area contributed by atoms with Gasteiger partial charge in [-0.25, -0.2) is 0 Å². The summed E-state index contributed by atoms with van der Waals surface area (Å²) in [5.41, 5.74) is 3.98. The molecule has 0 aliphatic heterocycles. The van der Waals surface area contributed by atoms with Crippen molar-refractivity contribution >= 4 is 11.6 Å². The summed E-state index contributed by atoms with van der Waals surface area (Å²) >= 11 is 0. The highest BCUT2D eigenvalue weighted by Gasteiger charge is 2.12. The summed E-state index contributed by atoms with van der Waals surface area (Å²) < 4.78 is 23.3. The van der Waals surface area contributed by atoms with Gasteiger partial charge in [0.1, 0.15) is 40.2 Å². The van der Waals surface area contributed by atoms with Crippen LogP contribution in [0.1, 0.15) is 43.0 Å². The van der Waals surface area contributed by atoms with E-state index in [1.807, 2.05) is 72.8 Å². The quantitative estimate of drug-likeness (QED) is 0.0993. The smallest absolute Gasteiger partial charge is 0.193 e. The minimum atomic E-state index is -0.117. The summed E-state index contributed by atoms with van der Waals surface area (Å²) in [5, 5.41) is 0. The number of ketones is 2. The second-order valence-electron chi connectivity index (χ2n) is 11.9. The molecule has 6 heteroatoms. The second kappa shape index (κ2) is 16.1. The molecule has 0 unspecified atom stereocenters. The molecule has 0 aromatic heterocycles. The van der Waals surface area contributed by atoms with Crippen LogP contribution in [0.25, 0.3) is 0 Å². The number of carbonyl (C=O) groups excluding carboxylic acids is 2. The van der Waals surface area contributed by atoms with Gasteiger partial charge in [0, 0.05) is 39.4 Å². The Balaban J connectivity index is 0.935. The molecule has 0 heterocycles. The molecular weight excluding hydrogens is 661 g/mol. The van der Waals surface area contributed by atoms with E-state index in [-0.39, 0.29) is 11.6 Å². The lowest BCUT2D eigenvalue weighted by atomic mass is 10.0. The zero-order valence-corrected chi connectivity index (χ0v) is 28.7. The van der Waals surface area contributed by atoms with Gasteiger partial charge >= 0.3 is 0 Å². The largest absolute Gasteiger partial charge is 0.497 e. The lowest BCUT2D eigenvalue weighted by Gasteiger charge is -2.10. The lowest BCUT2D eigenvalue weighted by molar-refractivity contribution is 0.103. The van der Waals surface area contributed by atoms with Crippen LogP contribution in [0.3, 0.4) is 0 Å². The molecule has 7 aromatic rings. The Bertz CT molecular complexity index is 2400. The lowest BCUT2D eigenvalue weighted by Crippen LogP contribution is -2.01. The summed E-state index contributed by atoms with van der Waals surface area (Å²) in [7, 11) is 1.59. The highest BCUT2D eigenvalue weighted by Crippen LogP contribution is 2.30. The van der Waals surface area contributed by atoms with E-state index in [0.29, 0.717) is 62.5 Å². The van der Waals surface area contributed by atoms with Crippen LogP contribution >= 0.6 is 0 Å². The Labute approximate surface area is 307 Å². The van der Waals surface area contributed by atoms with Gasteiger partial charge in [-0.05, 0) is 140 Å². The van der Waals surface area contributed by atoms with Crippen LogP contribution in [0.4, 0.5) is 0 Å². The predicted molar refractivity (Wildman–Crippen MR) is 205 cm³/mol. The molecule has 0 saturated heterocycles. The Hall–Kier alpha value is -7.36. The number of rotatable bonds is 11. The normalized spacial score (nSPS) is 10.4. The Morgan fingerprint density at radius 3 is 1.15 bits per heavy atom. The highest BCUT2D eigenvalue weighted by molar-refractivity contribution is 6.09. The second-order valence-corrected chi connectivity index (χ2v) is 11.9. The molecule has 0 atom stereocenters. The van der Waals surface area contributed by atoms with E-state index in [4.69, 9.17) is 18.9 Å². The summed E-state index contributed by atoms with van der Waals surface area (Å²) in [6, 6.07) is 52.6. The first-order valence-electron chi connectivity index (χ1n) is 16.8. The minimum absolute atomic E-state index is 0.0889. The first-order chi connectivity index (χ1) is 26.0. The fraction of sp³-hybridized carbons (Fsp3) is 0.0213. The number of ether oxygens (including phenoxy) is 4. The average molecular weight is 693 g/mol. The van der Waals surface area contributed by atoms with Crippen LogP contribution in [-0.2, 0) is 0 Å². The minimum Gasteiger partial charge on any atom is -0.497 e. The van der Waals surface area contributed by atoms with Crippen LogP contribution in [0.2, 0.25) is 0 Å². The number of methoxy groups -OCH3 is 1. The zero-order valence-electron chi connectivity index (χ0n) is 28.7. The first-order valence-corrected chi connectivity index (χ1v) is 16.8. The van der Waals surface area contributed by atoms with Crippen molar-refractivity contribution in [3.05, 3.63) is 209 Å². The first kappa shape index (κ1) is 34.1. The molecule has 0 amide bonds. The van der Waals surface area contributed by atoms with E-state index in [1.165, 1.54) is 0 Å². The van der Waals surface area contributed by atoms with Crippen molar-refractivity contribution in [3.63, 3.8) is 0 Å².